The van der Waals surface area contributed by atoms with Crippen LogP contribution < -0.4 is 15.2 Å². The standard InChI is InChI=1S/C26H36N2O6S2/c1-4-6-7-8-9-10-17(3)34-20-13-11-18(15-21(20)33-5-2)16-22-24(30)28(26(35)36-22)19(25(31)32)12-14-23(27)29/h11,13,15-17,19H,4-10,12,14H2,1-3H3,(H2,27,29)(H,31,32)/b22-16+/t17-,19+/m0/s1. The topological polar surface area (TPSA) is 119 Å². The van der Waals surface area contributed by atoms with Crippen LogP contribution >= 0.6 is 24.0 Å². The molecule has 198 valence electrons. The molecule has 1 aromatic carbocycles. The van der Waals surface area contributed by atoms with Gasteiger partial charge in [0.2, 0.25) is 5.91 Å². The number of thiocarbonyl (C=S) groups is 1. The second kappa shape index (κ2) is 14.8. The van der Waals surface area contributed by atoms with Crippen LogP contribution in [0.3, 0.4) is 0 Å². The molecule has 1 heterocycles. The third-order valence-corrected chi connectivity index (χ3v) is 7.02. The van der Waals surface area contributed by atoms with E-state index in [9.17, 15) is 19.5 Å². The molecule has 1 aromatic rings. The fourth-order valence-corrected chi connectivity index (χ4v) is 5.19. The van der Waals surface area contributed by atoms with Crippen LogP contribution in [0.4, 0.5) is 0 Å². The Balaban J connectivity index is 2.15. The van der Waals surface area contributed by atoms with Crippen molar-refractivity contribution in [2.24, 2.45) is 5.73 Å². The smallest absolute Gasteiger partial charge is 0.326 e. The third-order valence-electron chi connectivity index (χ3n) is 5.69. The Hall–Kier alpha value is -2.59. The van der Waals surface area contributed by atoms with Gasteiger partial charge in [0.05, 0.1) is 17.6 Å². The Morgan fingerprint density at radius 3 is 2.53 bits per heavy atom. The van der Waals surface area contributed by atoms with Crippen molar-refractivity contribution in [1.82, 2.24) is 4.90 Å². The van der Waals surface area contributed by atoms with Crippen LogP contribution in [0.2, 0.25) is 0 Å². The highest BCUT2D eigenvalue weighted by atomic mass is 32.2. The van der Waals surface area contributed by atoms with Crippen LogP contribution in [0.25, 0.3) is 6.08 Å². The number of nitrogens with two attached hydrogens (primary N) is 1. The number of carbonyl (C=O) groups is 3. The number of carboxylic acids is 1. The lowest BCUT2D eigenvalue weighted by atomic mass is 10.1. The van der Waals surface area contributed by atoms with Gasteiger partial charge in [0.25, 0.3) is 5.91 Å². The molecule has 2 rings (SSSR count). The van der Waals surface area contributed by atoms with E-state index in [-0.39, 0.29) is 23.3 Å². The minimum Gasteiger partial charge on any atom is -0.490 e. The van der Waals surface area contributed by atoms with Gasteiger partial charge in [-0.15, -0.1) is 0 Å². The zero-order chi connectivity index (χ0) is 26.7. The van der Waals surface area contributed by atoms with Crippen molar-refractivity contribution < 1.29 is 29.0 Å². The highest BCUT2D eigenvalue weighted by molar-refractivity contribution is 8.26. The Morgan fingerprint density at radius 1 is 1.17 bits per heavy atom. The van der Waals surface area contributed by atoms with Crippen molar-refractivity contribution in [3.63, 3.8) is 0 Å². The third kappa shape index (κ3) is 8.81. The molecule has 1 saturated heterocycles. The van der Waals surface area contributed by atoms with E-state index in [1.165, 1.54) is 25.7 Å². The molecule has 8 nitrogen and oxygen atoms in total. The lowest BCUT2D eigenvalue weighted by molar-refractivity contribution is -0.145. The summed E-state index contributed by atoms with van der Waals surface area (Å²) in [7, 11) is 0. The number of amides is 2. The average Bonchev–Trinajstić information content (AvgIpc) is 3.08. The number of ether oxygens (including phenoxy) is 2. The summed E-state index contributed by atoms with van der Waals surface area (Å²) in [5, 5.41) is 9.58. The molecule has 0 radical (unpaired) electrons. The van der Waals surface area contributed by atoms with Crippen molar-refractivity contribution in [2.75, 3.05) is 6.61 Å². The first-order chi connectivity index (χ1) is 17.2. The number of unbranched alkanes of at least 4 members (excludes halogenated alkanes) is 4. The number of nitrogens with zero attached hydrogens (tertiary/aromatic N) is 1. The van der Waals surface area contributed by atoms with Crippen LogP contribution in [0, 0.1) is 0 Å². The molecule has 2 amide bonds. The summed E-state index contributed by atoms with van der Waals surface area (Å²) in [6.07, 6.45) is 8.41. The van der Waals surface area contributed by atoms with Gasteiger partial charge >= 0.3 is 5.97 Å². The summed E-state index contributed by atoms with van der Waals surface area (Å²) in [6.45, 7) is 6.59. The van der Waals surface area contributed by atoms with Gasteiger partial charge in [-0.3, -0.25) is 14.5 Å². The second-order valence-corrected chi connectivity index (χ2v) is 10.4. The Morgan fingerprint density at radius 2 is 1.89 bits per heavy atom. The van der Waals surface area contributed by atoms with E-state index in [0.717, 1.165) is 29.5 Å². The molecule has 36 heavy (non-hydrogen) atoms. The van der Waals surface area contributed by atoms with Gasteiger partial charge in [-0.25, -0.2) is 4.79 Å². The maximum atomic E-state index is 13.0. The van der Waals surface area contributed by atoms with Crippen molar-refractivity contribution in [1.29, 1.82) is 0 Å². The minimum absolute atomic E-state index is 0.0429. The number of carboxylic acid groups (broad SMARTS) is 1. The zero-order valence-corrected chi connectivity index (χ0v) is 22.8. The van der Waals surface area contributed by atoms with Gasteiger partial charge in [0, 0.05) is 6.42 Å². The van der Waals surface area contributed by atoms with E-state index < -0.39 is 23.8 Å². The summed E-state index contributed by atoms with van der Waals surface area (Å²) in [6, 6.07) is 4.17. The molecule has 0 spiro atoms. The molecule has 0 aromatic heterocycles. The maximum Gasteiger partial charge on any atom is 0.326 e. The van der Waals surface area contributed by atoms with Crippen LogP contribution in [-0.2, 0) is 14.4 Å². The first kappa shape index (κ1) is 29.6. The Kier molecular flexibility index (Phi) is 12.2. The molecule has 2 atom stereocenters. The Labute approximate surface area is 222 Å². The molecular weight excluding hydrogens is 500 g/mol. The van der Waals surface area contributed by atoms with Gasteiger partial charge in [-0.05, 0) is 56.9 Å². The molecule has 0 aliphatic carbocycles. The van der Waals surface area contributed by atoms with Crippen LogP contribution in [0.5, 0.6) is 11.5 Å². The van der Waals surface area contributed by atoms with E-state index in [1.807, 2.05) is 26.0 Å². The number of hydrogen-bond donors (Lipinski definition) is 2. The van der Waals surface area contributed by atoms with Crippen LogP contribution in [-0.4, -0.2) is 50.9 Å². The number of rotatable bonds is 16. The number of benzene rings is 1. The lowest BCUT2D eigenvalue weighted by Gasteiger charge is -2.22. The van der Waals surface area contributed by atoms with Crippen molar-refractivity contribution in [3.05, 3.63) is 28.7 Å². The van der Waals surface area contributed by atoms with Gasteiger partial charge in [0.15, 0.2) is 11.5 Å². The fraction of sp³-hybridized carbons (Fsp3) is 0.538. The maximum absolute atomic E-state index is 13.0. The number of primary amides is 1. The zero-order valence-electron chi connectivity index (χ0n) is 21.2. The lowest BCUT2D eigenvalue weighted by Crippen LogP contribution is -2.44. The monoisotopic (exact) mass is 536 g/mol. The normalized spacial score (nSPS) is 16.3. The van der Waals surface area contributed by atoms with E-state index in [0.29, 0.717) is 28.6 Å². The van der Waals surface area contributed by atoms with Gasteiger partial charge < -0.3 is 20.3 Å². The number of thioether (sulfide) groups is 1. The van der Waals surface area contributed by atoms with Gasteiger partial charge in [0.1, 0.15) is 10.4 Å². The Bertz CT molecular complexity index is 981. The average molecular weight is 537 g/mol. The molecule has 0 saturated carbocycles. The van der Waals surface area contributed by atoms with E-state index in [4.69, 9.17) is 27.4 Å². The summed E-state index contributed by atoms with van der Waals surface area (Å²) >= 11 is 6.31. The molecular formula is C26H36N2O6S2. The van der Waals surface area contributed by atoms with E-state index in [1.54, 1.807) is 12.1 Å². The molecule has 10 heteroatoms. The largest absolute Gasteiger partial charge is 0.490 e. The van der Waals surface area contributed by atoms with Gasteiger partial charge in [-0.1, -0.05) is 62.7 Å². The van der Waals surface area contributed by atoms with Crippen LogP contribution in [0.1, 0.15) is 77.7 Å². The summed E-state index contributed by atoms with van der Waals surface area (Å²) < 4.78 is 12.1. The van der Waals surface area contributed by atoms with Crippen molar-refractivity contribution in [2.45, 2.75) is 84.3 Å². The summed E-state index contributed by atoms with van der Waals surface area (Å²) in [5.74, 6) is -1.19. The number of aliphatic carboxylic acids is 1. The first-order valence-electron chi connectivity index (χ1n) is 12.4. The van der Waals surface area contributed by atoms with Crippen LogP contribution in [0.15, 0.2) is 23.1 Å². The first-order valence-corrected chi connectivity index (χ1v) is 13.6. The molecule has 3 N–H and O–H groups in total. The highest BCUT2D eigenvalue weighted by Gasteiger charge is 2.40. The molecule has 1 aliphatic rings. The molecule has 0 unspecified atom stereocenters. The SMILES string of the molecule is CCCCCCC[C@H](C)Oc1ccc(/C=C2/SC(=S)N([C@H](CCC(N)=O)C(=O)O)C2=O)cc1OCC. The van der Waals surface area contributed by atoms with Gasteiger partial charge in [-0.2, -0.15) is 0 Å². The molecule has 0 bridgehead atoms. The molecule has 1 fully saturated rings. The van der Waals surface area contributed by atoms with Crippen molar-refractivity contribution >= 4 is 52.2 Å². The fourth-order valence-electron chi connectivity index (χ4n) is 3.83. The van der Waals surface area contributed by atoms with Crippen molar-refractivity contribution in [3.8, 4) is 11.5 Å². The predicted octanol–water partition coefficient (Wildman–Crippen LogP) is 5.13. The minimum atomic E-state index is -1.26. The summed E-state index contributed by atoms with van der Waals surface area (Å²) in [4.78, 5) is 37.2. The van der Waals surface area contributed by atoms with E-state index >= 15 is 0 Å². The number of carbonyl (C=O) groups excluding carboxylic acids is 2. The summed E-state index contributed by atoms with van der Waals surface area (Å²) in [5.41, 5.74) is 5.85. The van der Waals surface area contributed by atoms with E-state index in [2.05, 4.69) is 6.92 Å². The second-order valence-electron chi connectivity index (χ2n) is 8.68. The number of hydrogen-bond acceptors (Lipinski definition) is 7. The quantitative estimate of drug-likeness (QED) is 0.169. The predicted molar refractivity (Wildman–Crippen MR) is 146 cm³/mol. The molecule has 1 aliphatic heterocycles. The highest BCUT2D eigenvalue weighted by Crippen LogP contribution is 2.37.